The van der Waals surface area contributed by atoms with Gasteiger partial charge in [-0.15, -0.1) is 0 Å². The summed E-state index contributed by atoms with van der Waals surface area (Å²) < 4.78 is 16.5. The highest BCUT2D eigenvalue weighted by Gasteiger charge is 2.19. The van der Waals surface area contributed by atoms with Crippen molar-refractivity contribution in [3.05, 3.63) is 46.2 Å². The number of nitrogens with two attached hydrogens (primary N) is 1. The molecular weight excluding hydrogens is 325 g/mol. The number of hydrazine groups is 1. The van der Waals surface area contributed by atoms with E-state index in [4.69, 9.17) is 5.84 Å². The Kier molecular flexibility index (Phi) is 4.85. The predicted octanol–water partition coefficient (Wildman–Crippen LogP) is 2.51. The van der Waals surface area contributed by atoms with Crippen LogP contribution in [0.4, 0.5) is 4.39 Å². The Morgan fingerprint density at radius 3 is 2.85 bits per heavy atom. The number of nitrogens with one attached hydrogen (secondary N) is 1. The third-order valence-corrected chi connectivity index (χ3v) is 3.55. The van der Waals surface area contributed by atoms with Gasteiger partial charge in [-0.1, -0.05) is 15.9 Å². The van der Waals surface area contributed by atoms with Crippen LogP contribution in [0.1, 0.15) is 37.3 Å². The number of rotatable bonds is 5. The molecule has 20 heavy (non-hydrogen) atoms. The van der Waals surface area contributed by atoms with Crippen molar-refractivity contribution in [1.29, 1.82) is 0 Å². The number of benzene rings is 1. The lowest BCUT2D eigenvalue weighted by atomic mass is 10.0. The highest BCUT2D eigenvalue weighted by atomic mass is 79.9. The number of hydrogen-bond acceptors (Lipinski definition) is 4. The van der Waals surface area contributed by atoms with Crippen LogP contribution in [0.15, 0.2) is 29.0 Å². The first kappa shape index (κ1) is 15.1. The smallest absolute Gasteiger partial charge is 0.138 e. The molecule has 0 amide bonds. The van der Waals surface area contributed by atoms with Crippen LogP contribution in [-0.4, -0.2) is 14.8 Å². The van der Waals surface area contributed by atoms with Gasteiger partial charge in [0, 0.05) is 22.5 Å². The zero-order chi connectivity index (χ0) is 14.7. The van der Waals surface area contributed by atoms with Crippen LogP contribution in [0.2, 0.25) is 0 Å². The van der Waals surface area contributed by atoms with Gasteiger partial charge in [-0.05, 0) is 32.0 Å². The Morgan fingerprint density at radius 1 is 1.45 bits per heavy atom. The van der Waals surface area contributed by atoms with E-state index in [2.05, 4.69) is 31.4 Å². The number of aromatic nitrogens is 3. The van der Waals surface area contributed by atoms with Crippen LogP contribution in [0, 0.1) is 5.82 Å². The van der Waals surface area contributed by atoms with E-state index in [0.29, 0.717) is 12.0 Å². The van der Waals surface area contributed by atoms with E-state index in [-0.39, 0.29) is 17.9 Å². The summed E-state index contributed by atoms with van der Waals surface area (Å²) >= 11 is 3.34. The van der Waals surface area contributed by atoms with Crippen LogP contribution < -0.4 is 11.3 Å². The lowest BCUT2D eigenvalue weighted by Gasteiger charge is -2.18. The predicted molar refractivity (Wildman–Crippen MR) is 78.3 cm³/mol. The Balaban J connectivity index is 2.29. The first-order valence-corrected chi connectivity index (χ1v) is 7.11. The van der Waals surface area contributed by atoms with Gasteiger partial charge in [0.25, 0.3) is 0 Å². The summed E-state index contributed by atoms with van der Waals surface area (Å²) in [6.45, 7) is 4.03. The van der Waals surface area contributed by atoms with Crippen molar-refractivity contribution in [3.63, 3.8) is 0 Å². The van der Waals surface area contributed by atoms with Crippen molar-refractivity contribution in [2.75, 3.05) is 0 Å². The molecule has 0 fully saturated rings. The SMILES string of the molecule is CC(C)n1ncnc1CC(NN)c1cc(Br)ccc1F. The van der Waals surface area contributed by atoms with Gasteiger partial charge in [-0.2, -0.15) is 5.10 Å². The fraction of sp³-hybridized carbons (Fsp3) is 0.385. The monoisotopic (exact) mass is 341 g/mol. The van der Waals surface area contributed by atoms with E-state index < -0.39 is 0 Å². The molecule has 1 unspecified atom stereocenters. The summed E-state index contributed by atoms with van der Waals surface area (Å²) in [5.41, 5.74) is 3.15. The molecule has 3 N–H and O–H groups in total. The van der Waals surface area contributed by atoms with Crippen LogP contribution >= 0.6 is 15.9 Å². The van der Waals surface area contributed by atoms with E-state index in [1.807, 2.05) is 13.8 Å². The summed E-state index contributed by atoms with van der Waals surface area (Å²) in [5, 5.41) is 4.17. The van der Waals surface area contributed by atoms with E-state index >= 15 is 0 Å². The maximum atomic E-state index is 13.9. The molecule has 2 rings (SSSR count). The average molecular weight is 342 g/mol. The number of halogens is 2. The Labute approximate surface area is 125 Å². The van der Waals surface area contributed by atoms with E-state index in [1.165, 1.54) is 12.4 Å². The van der Waals surface area contributed by atoms with Crippen LogP contribution in [0.5, 0.6) is 0 Å². The fourth-order valence-electron chi connectivity index (χ4n) is 2.07. The number of nitrogens with zero attached hydrogens (tertiary/aromatic N) is 3. The topological polar surface area (TPSA) is 68.8 Å². The zero-order valence-corrected chi connectivity index (χ0v) is 12.9. The summed E-state index contributed by atoms with van der Waals surface area (Å²) in [4.78, 5) is 4.22. The molecule has 108 valence electrons. The Bertz CT molecular complexity index is 584. The minimum atomic E-state index is -0.366. The summed E-state index contributed by atoms with van der Waals surface area (Å²) in [5.74, 6) is 6.04. The molecule has 1 heterocycles. The van der Waals surface area contributed by atoms with Gasteiger partial charge in [0.05, 0.1) is 6.04 Å². The van der Waals surface area contributed by atoms with Gasteiger partial charge in [-0.25, -0.2) is 14.1 Å². The van der Waals surface area contributed by atoms with Crippen molar-refractivity contribution >= 4 is 15.9 Å². The molecule has 0 aliphatic carbocycles. The molecule has 5 nitrogen and oxygen atoms in total. The van der Waals surface area contributed by atoms with Gasteiger partial charge in [-0.3, -0.25) is 11.3 Å². The summed E-state index contributed by atoms with van der Waals surface area (Å²) in [6, 6.07) is 4.61. The molecule has 0 aliphatic heterocycles. The molecule has 0 radical (unpaired) electrons. The Morgan fingerprint density at radius 2 is 2.20 bits per heavy atom. The van der Waals surface area contributed by atoms with E-state index in [9.17, 15) is 4.39 Å². The summed E-state index contributed by atoms with van der Waals surface area (Å²) in [7, 11) is 0. The zero-order valence-electron chi connectivity index (χ0n) is 11.3. The Hall–Kier alpha value is -1.31. The van der Waals surface area contributed by atoms with Gasteiger partial charge in [0.15, 0.2) is 0 Å². The molecule has 0 bridgehead atoms. The van der Waals surface area contributed by atoms with E-state index in [1.54, 1.807) is 16.8 Å². The highest BCUT2D eigenvalue weighted by Crippen LogP contribution is 2.24. The second kappa shape index (κ2) is 6.43. The maximum Gasteiger partial charge on any atom is 0.138 e. The molecule has 1 aromatic carbocycles. The van der Waals surface area contributed by atoms with E-state index in [0.717, 1.165) is 10.3 Å². The third kappa shape index (κ3) is 3.23. The van der Waals surface area contributed by atoms with Gasteiger partial charge in [0.2, 0.25) is 0 Å². The first-order valence-electron chi connectivity index (χ1n) is 6.32. The van der Waals surface area contributed by atoms with Gasteiger partial charge < -0.3 is 0 Å². The third-order valence-electron chi connectivity index (χ3n) is 3.06. The number of hydrogen-bond donors (Lipinski definition) is 2. The molecule has 2 aromatic rings. The largest absolute Gasteiger partial charge is 0.271 e. The summed E-state index contributed by atoms with van der Waals surface area (Å²) in [6.07, 6.45) is 1.96. The highest BCUT2D eigenvalue weighted by molar-refractivity contribution is 9.10. The van der Waals surface area contributed by atoms with Crippen molar-refractivity contribution in [2.45, 2.75) is 32.4 Å². The normalized spacial score (nSPS) is 12.9. The minimum absolute atomic E-state index is 0.193. The second-order valence-electron chi connectivity index (χ2n) is 4.80. The quantitative estimate of drug-likeness (QED) is 0.647. The van der Waals surface area contributed by atoms with Crippen LogP contribution in [0.3, 0.4) is 0 Å². The van der Waals surface area contributed by atoms with Gasteiger partial charge in [0.1, 0.15) is 18.0 Å². The van der Waals surface area contributed by atoms with Crippen molar-refractivity contribution < 1.29 is 4.39 Å². The van der Waals surface area contributed by atoms with Crippen molar-refractivity contribution in [3.8, 4) is 0 Å². The molecule has 0 aliphatic rings. The van der Waals surface area contributed by atoms with Gasteiger partial charge >= 0.3 is 0 Å². The van der Waals surface area contributed by atoms with Crippen molar-refractivity contribution in [2.24, 2.45) is 5.84 Å². The lowest BCUT2D eigenvalue weighted by Crippen LogP contribution is -2.31. The fourth-order valence-corrected chi connectivity index (χ4v) is 2.45. The average Bonchev–Trinajstić information content (AvgIpc) is 2.87. The molecule has 7 heteroatoms. The molecule has 0 saturated carbocycles. The first-order chi connectivity index (χ1) is 9.52. The second-order valence-corrected chi connectivity index (χ2v) is 5.72. The maximum absolute atomic E-state index is 13.9. The molecule has 1 aromatic heterocycles. The standard InChI is InChI=1S/C13H17BrFN5/c1-8(2)20-13(17-7-18-20)6-12(19-16)10-5-9(14)3-4-11(10)15/h3-5,7-8,12,19H,6,16H2,1-2H3. The molecule has 0 saturated heterocycles. The van der Waals surface area contributed by atoms with Crippen molar-refractivity contribution in [1.82, 2.24) is 20.2 Å². The molecule has 0 spiro atoms. The van der Waals surface area contributed by atoms with Crippen LogP contribution in [-0.2, 0) is 6.42 Å². The minimum Gasteiger partial charge on any atom is -0.271 e. The molecule has 1 atom stereocenters. The molecular formula is C13H17BrFN5. The lowest BCUT2D eigenvalue weighted by molar-refractivity contribution is 0.457. The van der Waals surface area contributed by atoms with Crippen LogP contribution in [0.25, 0.3) is 0 Å².